The van der Waals surface area contributed by atoms with Crippen LogP contribution >= 0.6 is 11.3 Å². The van der Waals surface area contributed by atoms with Gasteiger partial charge >= 0.3 is 11.7 Å². The average Bonchev–Trinajstić information content (AvgIpc) is 3.72. The number of rotatable bonds is 15. The van der Waals surface area contributed by atoms with Crippen LogP contribution in [0, 0.1) is 24.1 Å². The van der Waals surface area contributed by atoms with Crippen LogP contribution in [-0.4, -0.2) is 55.3 Å². The van der Waals surface area contributed by atoms with Crippen LogP contribution in [0.3, 0.4) is 0 Å². The number of nitrogens with zero attached hydrogens (tertiary/aromatic N) is 6. The maximum atomic E-state index is 14.8. The van der Waals surface area contributed by atoms with Crippen molar-refractivity contribution in [3.63, 3.8) is 0 Å². The molecular formula is C33H40FN7O6S. The molecule has 1 unspecified atom stereocenters. The molecule has 48 heavy (non-hydrogen) atoms. The van der Waals surface area contributed by atoms with E-state index in [1.807, 2.05) is 19.9 Å². The molecule has 0 aliphatic heterocycles. The van der Waals surface area contributed by atoms with Crippen molar-refractivity contribution in [1.82, 2.24) is 29.4 Å². The molecule has 0 bridgehead atoms. The third kappa shape index (κ3) is 6.81. The number of esters is 1. The number of aryl methyl sites for hydroxylation is 1. The number of ether oxygens (including phenoxy) is 2. The van der Waals surface area contributed by atoms with Crippen molar-refractivity contribution in [3.8, 4) is 11.1 Å². The first-order valence-corrected chi connectivity index (χ1v) is 16.7. The SMILES string of the molecule is CCOC(=O)c1ccc(F)cc1[C@H](Cn1c(=O)n(C(CC)(CC)C(=O)NC(C)CC)c(=O)c2c(C)c(-n3nccn3)sc21)OCCC#N. The Morgan fingerprint density at radius 2 is 1.83 bits per heavy atom. The minimum Gasteiger partial charge on any atom is -0.462 e. The number of benzene rings is 1. The van der Waals surface area contributed by atoms with E-state index in [2.05, 4.69) is 15.5 Å². The Kier molecular flexibility index (Phi) is 11.7. The molecule has 0 aliphatic carbocycles. The summed E-state index contributed by atoms with van der Waals surface area (Å²) in [5.74, 6) is -1.85. The number of halogens is 1. The van der Waals surface area contributed by atoms with Gasteiger partial charge < -0.3 is 14.8 Å². The van der Waals surface area contributed by atoms with Crippen LogP contribution in [0.2, 0.25) is 0 Å². The van der Waals surface area contributed by atoms with Crippen molar-refractivity contribution in [2.75, 3.05) is 13.2 Å². The number of nitrogens with one attached hydrogen (secondary N) is 1. The Balaban J connectivity index is 2.08. The molecule has 3 aromatic heterocycles. The summed E-state index contributed by atoms with van der Waals surface area (Å²) < 4.78 is 28.4. The van der Waals surface area contributed by atoms with Gasteiger partial charge in [0.05, 0.1) is 55.6 Å². The fourth-order valence-corrected chi connectivity index (χ4v) is 6.90. The molecule has 3 heterocycles. The standard InChI is InChI=1S/C33H40FN7O6S/c1-7-20(5)38-31(44)33(8-2,9-3)40-27(42)26-21(6)28(41-36-15-16-37-41)48-29(26)39(32(40)45)19-25(47-17-11-14-35)24-18-22(34)12-13-23(24)30(43)46-10-4/h12-13,15-16,18,20,25H,7-11,17,19H2,1-6H3,(H,38,44)/t20?,25-/m0/s1. The lowest BCUT2D eigenvalue weighted by atomic mass is 9.90. The third-order valence-electron chi connectivity index (χ3n) is 8.54. The number of fused-ring (bicyclic) bond motifs is 1. The van der Waals surface area contributed by atoms with Gasteiger partial charge in [0, 0.05) is 11.6 Å². The van der Waals surface area contributed by atoms with E-state index in [1.54, 1.807) is 27.7 Å². The molecule has 0 radical (unpaired) electrons. The van der Waals surface area contributed by atoms with Crippen molar-refractivity contribution in [1.29, 1.82) is 5.26 Å². The summed E-state index contributed by atoms with van der Waals surface area (Å²) in [5.41, 5.74) is -2.40. The lowest BCUT2D eigenvalue weighted by molar-refractivity contribution is -0.131. The molecule has 0 aliphatic rings. The number of hydrogen-bond donors (Lipinski definition) is 1. The van der Waals surface area contributed by atoms with Gasteiger partial charge in [-0.05, 0) is 63.8 Å². The Morgan fingerprint density at radius 3 is 2.44 bits per heavy atom. The molecule has 1 aromatic carbocycles. The lowest BCUT2D eigenvalue weighted by Gasteiger charge is -2.33. The highest BCUT2D eigenvalue weighted by atomic mass is 32.1. The molecule has 1 amide bonds. The van der Waals surface area contributed by atoms with E-state index in [1.165, 1.54) is 27.8 Å². The van der Waals surface area contributed by atoms with Crippen LogP contribution in [0.25, 0.3) is 15.2 Å². The summed E-state index contributed by atoms with van der Waals surface area (Å²) in [6.07, 6.45) is 2.67. The summed E-state index contributed by atoms with van der Waals surface area (Å²) in [6, 6.07) is 5.30. The van der Waals surface area contributed by atoms with E-state index < -0.39 is 40.6 Å². The van der Waals surface area contributed by atoms with Gasteiger partial charge in [0.1, 0.15) is 27.3 Å². The van der Waals surface area contributed by atoms with E-state index in [-0.39, 0.29) is 66.4 Å². The zero-order valence-corrected chi connectivity index (χ0v) is 28.7. The number of nitriles is 1. The third-order valence-corrected chi connectivity index (χ3v) is 9.82. The zero-order valence-electron chi connectivity index (χ0n) is 27.9. The summed E-state index contributed by atoms with van der Waals surface area (Å²) in [4.78, 5) is 57.8. The fourth-order valence-electron chi connectivity index (χ4n) is 5.68. The molecule has 256 valence electrons. The largest absolute Gasteiger partial charge is 0.462 e. The summed E-state index contributed by atoms with van der Waals surface area (Å²) >= 11 is 1.09. The van der Waals surface area contributed by atoms with E-state index in [4.69, 9.17) is 9.47 Å². The molecule has 0 spiro atoms. The average molecular weight is 682 g/mol. The van der Waals surface area contributed by atoms with E-state index in [9.17, 15) is 28.8 Å². The Labute approximate surface area is 280 Å². The van der Waals surface area contributed by atoms with Crippen LogP contribution in [0.15, 0.2) is 40.2 Å². The Hall–Kier alpha value is -4.68. The smallest absolute Gasteiger partial charge is 0.338 e. The van der Waals surface area contributed by atoms with Crippen LogP contribution in [0.5, 0.6) is 0 Å². The van der Waals surface area contributed by atoms with Crippen LogP contribution in [0.4, 0.5) is 4.39 Å². The number of amides is 1. The van der Waals surface area contributed by atoms with E-state index >= 15 is 0 Å². The summed E-state index contributed by atoms with van der Waals surface area (Å²) in [6.45, 7) is 10.2. The zero-order chi connectivity index (χ0) is 35.2. The Morgan fingerprint density at radius 1 is 1.15 bits per heavy atom. The number of carbonyl (C=O) groups is 2. The maximum Gasteiger partial charge on any atom is 0.338 e. The van der Waals surface area contributed by atoms with Gasteiger partial charge in [0.15, 0.2) is 0 Å². The maximum absolute atomic E-state index is 14.8. The summed E-state index contributed by atoms with van der Waals surface area (Å²) in [5, 5.41) is 21.3. The quantitative estimate of drug-likeness (QED) is 0.140. The first-order valence-electron chi connectivity index (χ1n) is 15.9. The highest BCUT2D eigenvalue weighted by Crippen LogP contribution is 2.34. The van der Waals surface area contributed by atoms with Gasteiger partial charge in [-0.25, -0.2) is 18.5 Å². The predicted molar refractivity (Wildman–Crippen MR) is 178 cm³/mol. The highest BCUT2D eigenvalue weighted by Gasteiger charge is 2.42. The van der Waals surface area contributed by atoms with Crippen molar-refractivity contribution < 1.29 is 23.5 Å². The minimum atomic E-state index is -1.56. The topological polar surface area (TPSA) is 163 Å². The van der Waals surface area contributed by atoms with Crippen LogP contribution in [-0.2, 0) is 26.4 Å². The lowest BCUT2D eigenvalue weighted by Crippen LogP contribution is -2.59. The Bertz CT molecular complexity index is 1940. The number of thiophene rings is 1. The second-order valence-corrected chi connectivity index (χ2v) is 12.3. The highest BCUT2D eigenvalue weighted by molar-refractivity contribution is 7.21. The van der Waals surface area contributed by atoms with Crippen LogP contribution in [0.1, 0.15) is 87.9 Å². The number of aromatic nitrogens is 5. The van der Waals surface area contributed by atoms with E-state index in [0.717, 1.165) is 28.0 Å². The van der Waals surface area contributed by atoms with Crippen molar-refractivity contribution in [2.45, 2.75) is 91.5 Å². The second-order valence-electron chi connectivity index (χ2n) is 11.3. The van der Waals surface area contributed by atoms with Gasteiger partial charge in [-0.2, -0.15) is 15.5 Å². The van der Waals surface area contributed by atoms with Gasteiger partial charge in [0.25, 0.3) is 5.56 Å². The van der Waals surface area contributed by atoms with E-state index in [0.29, 0.717) is 17.0 Å². The van der Waals surface area contributed by atoms with Crippen molar-refractivity contribution in [3.05, 3.63) is 73.9 Å². The van der Waals surface area contributed by atoms with Gasteiger partial charge in [-0.3, -0.25) is 14.2 Å². The van der Waals surface area contributed by atoms with Gasteiger partial charge in [-0.15, -0.1) is 4.80 Å². The molecule has 4 aromatic rings. The van der Waals surface area contributed by atoms with Gasteiger partial charge in [-0.1, -0.05) is 32.1 Å². The molecule has 4 rings (SSSR count). The summed E-state index contributed by atoms with van der Waals surface area (Å²) in [7, 11) is 0. The molecule has 0 saturated carbocycles. The van der Waals surface area contributed by atoms with Crippen LogP contribution < -0.4 is 16.6 Å². The first kappa shape index (κ1) is 36.2. The predicted octanol–water partition coefficient (Wildman–Crippen LogP) is 4.53. The monoisotopic (exact) mass is 681 g/mol. The second kappa shape index (κ2) is 15.5. The first-order chi connectivity index (χ1) is 23.0. The molecule has 1 N–H and O–H groups in total. The number of hydrogen-bond acceptors (Lipinski definition) is 10. The molecule has 2 atom stereocenters. The molecule has 0 fully saturated rings. The van der Waals surface area contributed by atoms with Crippen molar-refractivity contribution >= 4 is 33.4 Å². The number of carbonyl (C=O) groups excluding carboxylic acids is 2. The van der Waals surface area contributed by atoms with Crippen molar-refractivity contribution in [2.24, 2.45) is 0 Å². The molecule has 15 heteroatoms. The molecule has 13 nitrogen and oxygen atoms in total. The minimum absolute atomic E-state index is 0.0195. The fraction of sp³-hybridized carbons (Fsp3) is 0.485. The molecule has 0 saturated heterocycles. The normalized spacial score (nSPS) is 12.9. The van der Waals surface area contributed by atoms with Gasteiger partial charge in [0.2, 0.25) is 5.91 Å². The molecular weight excluding hydrogens is 641 g/mol.